The fourth-order valence-electron chi connectivity index (χ4n) is 4.53. The molecule has 184 valence electrons. The summed E-state index contributed by atoms with van der Waals surface area (Å²) >= 11 is 0. The summed E-state index contributed by atoms with van der Waals surface area (Å²) in [7, 11) is 0. The number of aromatic nitrogens is 2. The van der Waals surface area contributed by atoms with Gasteiger partial charge in [-0.3, -0.25) is 4.79 Å². The van der Waals surface area contributed by atoms with Crippen LogP contribution in [0, 0.1) is 36.1 Å². The molecular weight excluding hydrogens is 462 g/mol. The SMILES string of the molecule is Cc1cn(-c2ccc(/C=C3\CC(C)CN([C@H](c4cc(F)c(F)c(F)c4)[C@@H](C)O)C3=O)cc2F)cn1. The predicted molar refractivity (Wildman–Crippen MR) is 122 cm³/mol. The van der Waals surface area contributed by atoms with E-state index in [4.69, 9.17) is 0 Å². The molecular formula is C26H25F4N3O2. The van der Waals surface area contributed by atoms with Crippen LogP contribution in [0.4, 0.5) is 17.6 Å². The van der Waals surface area contributed by atoms with Crippen LogP contribution in [-0.4, -0.2) is 38.1 Å². The summed E-state index contributed by atoms with van der Waals surface area (Å²) in [4.78, 5) is 18.8. The third-order valence-electron chi connectivity index (χ3n) is 6.06. The smallest absolute Gasteiger partial charge is 0.250 e. The van der Waals surface area contributed by atoms with E-state index in [2.05, 4.69) is 4.98 Å². The number of amides is 1. The maximum atomic E-state index is 14.8. The first kappa shape index (κ1) is 24.7. The summed E-state index contributed by atoms with van der Waals surface area (Å²) in [5.41, 5.74) is 1.83. The van der Waals surface area contributed by atoms with Crippen molar-refractivity contribution in [2.24, 2.45) is 5.92 Å². The number of imidazole rings is 1. The van der Waals surface area contributed by atoms with Gasteiger partial charge in [0.25, 0.3) is 0 Å². The number of rotatable bonds is 5. The highest BCUT2D eigenvalue weighted by Gasteiger charge is 2.36. The van der Waals surface area contributed by atoms with Gasteiger partial charge in [0.15, 0.2) is 17.5 Å². The van der Waals surface area contributed by atoms with E-state index in [1.54, 1.807) is 35.9 Å². The lowest BCUT2D eigenvalue weighted by Gasteiger charge is -2.40. The molecule has 0 aliphatic carbocycles. The number of carbonyl (C=O) groups is 1. The van der Waals surface area contributed by atoms with Crippen molar-refractivity contribution in [2.45, 2.75) is 39.3 Å². The van der Waals surface area contributed by atoms with E-state index in [1.165, 1.54) is 24.2 Å². The van der Waals surface area contributed by atoms with Crippen LogP contribution in [0.5, 0.6) is 0 Å². The summed E-state index contributed by atoms with van der Waals surface area (Å²) in [6, 6.07) is 5.05. The molecule has 9 heteroatoms. The number of nitrogens with zero attached hydrogens (tertiary/aromatic N) is 3. The molecule has 1 aromatic heterocycles. The third kappa shape index (κ3) is 5.00. The highest BCUT2D eigenvalue weighted by Crippen LogP contribution is 2.34. The molecule has 1 aliphatic heterocycles. The molecule has 0 bridgehead atoms. The molecule has 1 N–H and O–H groups in total. The van der Waals surface area contributed by atoms with E-state index in [0.29, 0.717) is 23.2 Å². The molecule has 3 atom stereocenters. The van der Waals surface area contributed by atoms with E-state index < -0.39 is 41.3 Å². The van der Waals surface area contributed by atoms with Crippen molar-refractivity contribution in [3.05, 3.63) is 88.5 Å². The maximum Gasteiger partial charge on any atom is 0.250 e. The molecule has 1 fully saturated rings. The van der Waals surface area contributed by atoms with Crippen LogP contribution in [0.2, 0.25) is 0 Å². The summed E-state index contributed by atoms with van der Waals surface area (Å²) < 4.78 is 57.7. The Bertz CT molecular complexity index is 1280. The molecule has 3 aromatic rings. The van der Waals surface area contributed by atoms with E-state index in [0.717, 1.165) is 17.8 Å². The minimum Gasteiger partial charge on any atom is -0.391 e. The highest BCUT2D eigenvalue weighted by atomic mass is 19.2. The number of hydrogen-bond donors (Lipinski definition) is 1. The Morgan fingerprint density at radius 3 is 2.37 bits per heavy atom. The van der Waals surface area contributed by atoms with E-state index in [9.17, 15) is 27.5 Å². The van der Waals surface area contributed by atoms with Crippen molar-refractivity contribution < 1.29 is 27.5 Å². The monoisotopic (exact) mass is 487 g/mol. The molecule has 1 aliphatic rings. The topological polar surface area (TPSA) is 58.4 Å². The average Bonchev–Trinajstić information content (AvgIpc) is 3.21. The number of aliphatic hydroxyl groups excluding tert-OH is 1. The second-order valence-corrected chi connectivity index (χ2v) is 9.05. The van der Waals surface area contributed by atoms with Crippen molar-refractivity contribution in [1.29, 1.82) is 0 Å². The van der Waals surface area contributed by atoms with Crippen LogP contribution >= 0.6 is 0 Å². The van der Waals surface area contributed by atoms with Crippen molar-refractivity contribution in [3.63, 3.8) is 0 Å². The van der Waals surface area contributed by atoms with Gasteiger partial charge in [-0.05, 0) is 67.7 Å². The normalized spacial score (nSPS) is 19.3. The van der Waals surface area contributed by atoms with Gasteiger partial charge >= 0.3 is 0 Å². The summed E-state index contributed by atoms with van der Waals surface area (Å²) in [6.45, 7) is 5.30. The van der Waals surface area contributed by atoms with Crippen molar-refractivity contribution in [1.82, 2.24) is 14.5 Å². The number of aryl methyl sites for hydroxylation is 1. The van der Waals surface area contributed by atoms with Crippen LogP contribution in [0.15, 0.2) is 48.4 Å². The van der Waals surface area contributed by atoms with E-state index in [1.807, 2.05) is 6.92 Å². The Kier molecular flexibility index (Phi) is 6.80. The molecule has 2 aromatic carbocycles. The van der Waals surface area contributed by atoms with Gasteiger partial charge in [0.1, 0.15) is 5.82 Å². The van der Waals surface area contributed by atoms with Gasteiger partial charge in [0.05, 0.1) is 29.9 Å². The molecule has 0 radical (unpaired) electrons. The predicted octanol–water partition coefficient (Wildman–Crippen LogP) is 5.11. The van der Waals surface area contributed by atoms with Crippen LogP contribution < -0.4 is 0 Å². The first-order valence-corrected chi connectivity index (χ1v) is 11.2. The summed E-state index contributed by atoms with van der Waals surface area (Å²) in [6.07, 6.45) is 3.98. The summed E-state index contributed by atoms with van der Waals surface area (Å²) in [5, 5.41) is 10.4. The maximum absolute atomic E-state index is 14.8. The van der Waals surface area contributed by atoms with Crippen molar-refractivity contribution in [3.8, 4) is 5.69 Å². The third-order valence-corrected chi connectivity index (χ3v) is 6.06. The van der Waals surface area contributed by atoms with Gasteiger partial charge < -0.3 is 14.6 Å². The molecule has 0 saturated carbocycles. The number of benzene rings is 2. The molecule has 35 heavy (non-hydrogen) atoms. The number of halogens is 4. The first-order chi connectivity index (χ1) is 16.5. The standard InChI is InChI=1S/C26H25F4N3O2/c1-14-6-19(7-17-4-5-23(20(27)8-17)32-12-15(2)31-13-32)26(35)33(11-14)25(16(3)34)18-9-21(28)24(30)22(29)10-18/h4-5,7-10,12-14,16,25,34H,6,11H2,1-3H3/b19-7+/t14?,16-,25+/m1/s1. The molecule has 1 unspecified atom stereocenters. The van der Waals surface area contributed by atoms with Crippen LogP contribution in [-0.2, 0) is 4.79 Å². The minimum absolute atomic E-state index is 0.0478. The molecule has 2 heterocycles. The van der Waals surface area contributed by atoms with Crippen LogP contribution in [0.3, 0.4) is 0 Å². The summed E-state index contributed by atoms with van der Waals surface area (Å²) in [5.74, 6) is -5.41. The Morgan fingerprint density at radius 2 is 1.80 bits per heavy atom. The number of aliphatic hydroxyl groups is 1. The Balaban J connectivity index is 1.67. The average molecular weight is 487 g/mol. The largest absolute Gasteiger partial charge is 0.391 e. The number of likely N-dealkylation sites (tertiary alicyclic amines) is 1. The lowest BCUT2D eigenvalue weighted by Crippen LogP contribution is -2.46. The number of piperidine rings is 1. The first-order valence-electron chi connectivity index (χ1n) is 11.2. The molecule has 0 spiro atoms. The van der Waals surface area contributed by atoms with Gasteiger partial charge in [-0.25, -0.2) is 22.5 Å². The van der Waals surface area contributed by atoms with Crippen molar-refractivity contribution >= 4 is 12.0 Å². The zero-order chi connectivity index (χ0) is 25.4. The fourth-order valence-corrected chi connectivity index (χ4v) is 4.53. The minimum atomic E-state index is -1.62. The zero-order valence-electron chi connectivity index (χ0n) is 19.5. The second-order valence-electron chi connectivity index (χ2n) is 9.05. The lowest BCUT2D eigenvalue weighted by molar-refractivity contribution is -0.135. The van der Waals surface area contributed by atoms with Crippen molar-refractivity contribution in [2.75, 3.05) is 6.54 Å². The molecule has 1 amide bonds. The van der Waals surface area contributed by atoms with Gasteiger partial charge in [-0.1, -0.05) is 13.0 Å². The van der Waals surface area contributed by atoms with Gasteiger partial charge in [0.2, 0.25) is 5.91 Å². The fraction of sp³-hybridized carbons (Fsp3) is 0.308. The van der Waals surface area contributed by atoms with E-state index >= 15 is 0 Å². The number of carbonyl (C=O) groups excluding carboxylic acids is 1. The van der Waals surface area contributed by atoms with Gasteiger partial charge in [-0.15, -0.1) is 0 Å². The Morgan fingerprint density at radius 1 is 1.11 bits per heavy atom. The van der Waals surface area contributed by atoms with E-state index in [-0.39, 0.29) is 18.0 Å². The molecule has 1 saturated heterocycles. The zero-order valence-corrected chi connectivity index (χ0v) is 19.5. The van der Waals surface area contributed by atoms with Crippen LogP contribution in [0.1, 0.15) is 43.1 Å². The van der Waals surface area contributed by atoms with Crippen LogP contribution in [0.25, 0.3) is 11.8 Å². The quantitative estimate of drug-likeness (QED) is 0.309. The Hall–Kier alpha value is -3.46. The molecule has 4 rings (SSSR count). The molecule has 5 nitrogen and oxygen atoms in total. The van der Waals surface area contributed by atoms with Gasteiger partial charge in [0, 0.05) is 18.3 Å². The Labute approximate surface area is 200 Å². The highest BCUT2D eigenvalue weighted by molar-refractivity contribution is 5.99. The lowest BCUT2D eigenvalue weighted by atomic mass is 9.89. The van der Waals surface area contributed by atoms with Gasteiger partial charge in [-0.2, -0.15) is 0 Å². The number of hydrogen-bond acceptors (Lipinski definition) is 3. The second kappa shape index (κ2) is 9.65.